The molecule has 0 spiro atoms. The van der Waals surface area contributed by atoms with Crippen LogP contribution in [0.3, 0.4) is 0 Å². The number of methoxy groups -OCH3 is 1. The van der Waals surface area contributed by atoms with Crippen molar-refractivity contribution in [3.05, 3.63) is 17.7 Å². The Morgan fingerprint density at radius 1 is 1.16 bits per heavy atom. The number of phenolic OH excluding ortho intramolecular Hbond substituents is 3. The molecule has 25 heavy (non-hydrogen) atoms. The molecule has 4 atom stereocenters. The highest BCUT2D eigenvalue weighted by molar-refractivity contribution is 5.93. The van der Waals surface area contributed by atoms with E-state index in [2.05, 4.69) is 9.47 Å². The molecule has 0 bridgehead atoms. The number of rotatable bonds is 4. The molecule has 0 saturated carbocycles. The SMILES string of the molecule is COC(=O)[C@@H](OC(=O)c1cc(O)c(O)c(O)c1)[C@@H]1OC(=O)[C@@H](O)[C@H]1O. The fraction of sp³-hybridized carbons (Fsp3) is 0.357. The van der Waals surface area contributed by atoms with Crippen molar-refractivity contribution in [3.8, 4) is 17.2 Å². The highest BCUT2D eigenvalue weighted by Crippen LogP contribution is 2.35. The monoisotopic (exact) mass is 358 g/mol. The second-order valence-electron chi connectivity index (χ2n) is 5.05. The summed E-state index contributed by atoms with van der Waals surface area (Å²) in [5.41, 5.74) is -0.457. The first-order chi connectivity index (χ1) is 11.7. The van der Waals surface area contributed by atoms with Gasteiger partial charge in [0.25, 0.3) is 0 Å². The quantitative estimate of drug-likeness (QED) is 0.231. The zero-order valence-electron chi connectivity index (χ0n) is 12.6. The van der Waals surface area contributed by atoms with Gasteiger partial charge in [-0.2, -0.15) is 0 Å². The van der Waals surface area contributed by atoms with Gasteiger partial charge in [-0.15, -0.1) is 0 Å². The Morgan fingerprint density at radius 2 is 1.72 bits per heavy atom. The van der Waals surface area contributed by atoms with Crippen molar-refractivity contribution in [1.29, 1.82) is 0 Å². The third kappa shape index (κ3) is 3.41. The van der Waals surface area contributed by atoms with E-state index in [1.54, 1.807) is 0 Å². The van der Waals surface area contributed by atoms with E-state index in [0.29, 0.717) is 0 Å². The maximum Gasteiger partial charge on any atom is 0.351 e. The molecule has 1 aliphatic rings. The van der Waals surface area contributed by atoms with E-state index < -0.39 is 65.1 Å². The smallest absolute Gasteiger partial charge is 0.351 e. The van der Waals surface area contributed by atoms with E-state index in [-0.39, 0.29) is 0 Å². The van der Waals surface area contributed by atoms with Crippen LogP contribution in [0.25, 0.3) is 0 Å². The van der Waals surface area contributed by atoms with Crippen LogP contribution < -0.4 is 0 Å². The summed E-state index contributed by atoms with van der Waals surface area (Å²) in [5, 5.41) is 47.1. The number of esters is 3. The van der Waals surface area contributed by atoms with E-state index in [4.69, 9.17) is 4.74 Å². The zero-order valence-corrected chi connectivity index (χ0v) is 12.6. The number of aromatic hydroxyl groups is 3. The number of aliphatic hydroxyl groups excluding tert-OH is 2. The van der Waals surface area contributed by atoms with Crippen molar-refractivity contribution < 1.29 is 54.1 Å². The summed E-state index contributed by atoms with van der Waals surface area (Å²) in [7, 11) is 0.945. The number of ether oxygens (including phenoxy) is 3. The standard InChI is InChI=1S/C14H14O11/c1-23-14(22)11(10-8(18)9(19)13(21)24-10)25-12(20)4-2-5(15)7(17)6(16)3-4/h2-3,8-11,15-19H,1H3/t8-,9+,10-,11+/m1/s1. The zero-order chi connectivity index (χ0) is 18.9. The molecule has 0 aliphatic carbocycles. The lowest BCUT2D eigenvalue weighted by molar-refractivity contribution is -0.165. The van der Waals surface area contributed by atoms with Crippen molar-refractivity contribution in [2.75, 3.05) is 7.11 Å². The van der Waals surface area contributed by atoms with Crippen molar-refractivity contribution in [2.45, 2.75) is 24.4 Å². The number of carbonyl (C=O) groups is 3. The molecule has 0 radical (unpaired) electrons. The van der Waals surface area contributed by atoms with Crippen LogP contribution in [-0.2, 0) is 23.8 Å². The molecule has 11 heteroatoms. The van der Waals surface area contributed by atoms with Crippen LogP contribution in [0, 0.1) is 0 Å². The Balaban J connectivity index is 2.27. The van der Waals surface area contributed by atoms with Crippen LogP contribution in [0.15, 0.2) is 12.1 Å². The highest BCUT2D eigenvalue weighted by atomic mass is 16.6. The van der Waals surface area contributed by atoms with Gasteiger partial charge < -0.3 is 39.7 Å². The Morgan fingerprint density at radius 3 is 2.16 bits per heavy atom. The van der Waals surface area contributed by atoms with Gasteiger partial charge in [0.05, 0.1) is 12.7 Å². The average molecular weight is 358 g/mol. The van der Waals surface area contributed by atoms with Gasteiger partial charge >= 0.3 is 17.9 Å². The Hall–Kier alpha value is -3.05. The highest BCUT2D eigenvalue weighted by Gasteiger charge is 2.51. The topological polar surface area (TPSA) is 180 Å². The van der Waals surface area contributed by atoms with Gasteiger partial charge in [-0.3, -0.25) is 0 Å². The summed E-state index contributed by atoms with van der Waals surface area (Å²) in [6, 6.07) is 1.50. The second kappa shape index (κ2) is 6.83. The number of phenols is 3. The molecule has 2 rings (SSSR count). The summed E-state index contributed by atoms with van der Waals surface area (Å²) in [6.07, 6.45) is -7.44. The number of carbonyl (C=O) groups excluding carboxylic acids is 3. The fourth-order valence-corrected chi connectivity index (χ4v) is 2.10. The van der Waals surface area contributed by atoms with Gasteiger partial charge in [0.2, 0.25) is 6.10 Å². The molecular formula is C14H14O11. The van der Waals surface area contributed by atoms with Gasteiger partial charge in [-0.05, 0) is 12.1 Å². The number of benzene rings is 1. The minimum absolute atomic E-state index is 0.457. The molecule has 136 valence electrons. The Labute approximate surface area is 139 Å². The van der Waals surface area contributed by atoms with E-state index >= 15 is 0 Å². The number of aliphatic hydroxyl groups is 2. The first-order valence-corrected chi connectivity index (χ1v) is 6.77. The van der Waals surface area contributed by atoms with Crippen LogP contribution in [0.5, 0.6) is 17.2 Å². The maximum absolute atomic E-state index is 12.1. The molecule has 1 aromatic rings. The average Bonchev–Trinajstić information content (AvgIpc) is 2.83. The molecule has 1 aromatic carbocycles. The Bertz CT molecular complexity index is 690. The summed E-state index contributed by atoms with van der Waals surface area (Å²) < 4.78 is 13.9. The van der Waals surface area contributed by atoms with Gasteiger partial charge in [-0.25, -0.2) is 14.4 Å². The van der Waals surface area contributed by atoms with E-state index in [1.165, 1.54) is 0 Å². The number of hydrogen-bond donors (Lipinski definition) is 5. The van der Waals surface area contributed by atoms with Crippen molar-refractivity contribution in [2.24, 2.45) is 0 Å². The van der Waals surface area contributed by atoms with E-state index in [1.807, 2.05) is 0 Å². The first kappa shape index (κ1) is 18.3. The van der Waals surface area contributed by atoms with Gasteiger partial charge in [0, 0.05) is 0 Å². The van der Waals surface area contributed by atoms with Crippen molar-refractivity contribution in [1.82, 2.24) is 0 Å². The van der Waals surface area contributed by atoms with Gasteiger partial charge in [-0.1, -0.05) is 0 Å². The summed E-state index contributed by atoms with van der Waals surface area (Å²) in [6.45, 7) is 0. The molecule has 0 aromatic heterocycles. The molecule has 1 aliphatic heterocycles. The molecule has 5 N–H and O–H groups in total. The van der Waals surface area contributed by atoms with E-state index in [9.17, 15) is 39.9 Å². The minimum atomic E-state index is -1.93. The van der Waals surface area contributed by atoms with Crippen LogP contribution in [0.4, 0.5) is 0 Å². The molecular weight excluding hydrogens is 344 g/mol. The van der Waals surface area contributed by atoms with Gasteiger partial charge in [0.15, 0.2) is 29.5 Å². The predicted molar refractivity (Wildman–Crippen MR) is 74.5 cm³/mol. The lowest BCUT2D eigenvalue weighted by atomic mass is 10.1. The number of hydrogen-bond acceptors (Lipinski definition) is 11. The molecule has 0 unspecified atom stereocenters. The maximum atomic E-state index is 12.1. The van der Waals surface area contributed by atoms with E-state index in [0.717, 1.165) is 19.2 Å². The van der Waals surface area contributed by atoms with Gasteiger partial charge in [0.1, 0.15) is 6.10 Å². The third-order valence-electron chi connectivity index (χ3n) is 3.43. The lowest BCUT2D eigenvalue weighted by Crippen LogP contribution is -2.46. The van der Waals surface area contributed by atoms with Crippen molar-refractivity contribution in [3.63, 3.8) is 0 Å². The summed E-state index contributed by atoms with van der Waals surface area (Å²) in [5.74, 6) is -6.21. The fourth-order valence-electron chi connectivity index (χ4n) is 2.10. The minimum Gasteiger partial charge on any atom is -0.504 e. The van der Waals surface area contributed by atoms with Crippen LogP contribution in [-0.4, -0.2) is 75.0 Å². The molecule has 0 amide bonds. The Kier molecular flexibility index (Phi) is 4.99. The predicted octanol–water partition coefficient (Wildman–Crippen LogP) is -1.85. The molecule has 1 heterocycles. The molecule has 11 nitrogen and oxygen atoms in total. The van der Waals surface area contributed by atoms with Crippen molar-refractivity contribution >= 4 is 17.9 Å². The van der Waals surface area contributed by atoms with Crippen LogP contribution >= 0.6 is 0 Å². The normalized spacial score (nSPS) is 23.6. The number of cyclic esters (lactones) is 1. The largest absolute Gasteiger partial charge is 0.504 e. The lowest BCUT2D eigenvalue weighted by Gasteiger charge is -2.22. The first-order valence-electron chi connectivity index (χ1n) is 6.77. The van der Waals surface area contributed by atoms with Crippen LogP contribution in [0.1, 0.15) is 10.4 Å². The third-order valence-corrected chi connectivity index (χ3v) is 3.43. The second-order valence-corrected chi connectivity index (χ2v) is 5.05. The summed E-state index contributed by atoms with van der Waals surface area (Å²) in [4.78, 5) is 35.2. The molecule has 1 saturated heterocycles. The van der Waals surface area contributed by atoms with Crippen LogP contribution in [0.2, 0.25) is 0 Å². The summed E-state index contributed by atoms with van der Waals surface area (Å²) >= 11 is 0. The molecule has 1 fully saturated rings.